The van der Waals surface area contributed by atoms with Gasteiger partial charge in [0.25, 0.3) is 0 Å². The minimum Gasteiger partial charge on any atom is -0.311 e. The monoisotopic (exact) mass is 313 g/mol. The predicted octanol–water partition coefficient (Wildman–Crippen LogP) is 3.20. The number of pyridine rings is 1. The molecule has 3 unspecified atom stereocenters. The van der Waals surface area contributed by atoms with Gasteiger partial charge in [-0.25, -0.2) is 9.97 Å². The normalized spacial score (nSPS) is 16.2. The summed E-state index contributed by atoms with van der Waals surface area (Å²) in [6.45, 7) is 6.67. The fraction of sp³-hybridized carbons (Fsp3) is 0.571. The van der Waals surface area contributed by atoms with Crippen molar-refractivity contribution in [1.82, 2.24) is 14.5 Å². The molecule has 0 aromatic carbocycles. The molecule has 0 spiro atoms. The van der Waals surface area contributed by atoms with Gasteiger partial charge in [0.05, 0.1) is 5.38 Å². The van der Waals surface area contributed by atoms with Crippen LogP contribution in [0.4, 0.5) is 0 Å². The number of nitrogens with zero attached hydrogens (tertiary/aromatic N) is 3. The van der Waals surface area contributed by atoms with Gasteiger partial charge in [-0.05, 0) is 31.9 Å². The molecule has 0 bridgehead atoms. The van der Waals surface area contributed by atoms with E-state index in [1.165, 1.54) is 0 Å². The van der Waals surface area contributed by atoms with E-state index in [0.29, 0.717) is 0 Å². The Balaban J connectivity index is 2.42. The van der Waals surface area contributed by atoms with Crippen LogP contribution >= 0.6 is 11.6 Å². The number of hydrogen-bond acceptors (Lipinski definition) is 3. The van der Waals surface area contributed by atoms with Gasteiger partial charge < -0.3 is 4.57 Å². The Morgan fingerprint density at radius 3 is 2.75 bits per heavy atom. The van der Waals surface area contributed by atoms with Gasteiger partial charge in [0, 0.05) is 35.0 Å². The molecular weight excluding hydrogens is 294 g/mol. The van der Waals surface area contributed by atoms with Gasteiger partial charge in [-0.15, -0.1) is 11.6 Å². The lowest BCUT2D eigenvalue weighted by Crippen LogP contribution is -2.14. The predicted molar refractivity (Wildman–Crippen MR) is 84.7 cm³/mol. The van der Waals surface area contributed by atoms with Crippen molar-refractivity contribution in [3.8, 4) is 0 Å². The number of aromatic nitrogens is 3. The average molecular weight is 314 g/mol. The van der Waals surface area contributed by atoms with Crippen molar-refractivity contribution in [2.45, 2.75) is 44.4 Å². The molecule has 4 nitrogen and oxygen atoms in total. The molecule has 6 heteroatoms. The minimum atomic E-state index is -0.814. The zero-order valence-corrected chi connectivity index (χ0v) is 13.8. The zero-order valence-electron chi connectivity index (χ0n) is 12.3. The topological polar surface area (TPSA) is 47.8 Å². The van der Waals surface area contributed by atoms with Crippen molar-refractivity contribution in [2.75, 3.05) is 6.26 Å². The molecule has 0 aliphatic carbocycles. The lowest BCUT2D eigenvalue weighted by atomic mass is 10.3. The number of alkyl halides is 1. The first-order valence-electron chi connectivity index (χ1n) is 6.69. The molecule has 2 heterocycles. The number of rotatable bonds is 5. The van der Waals surface area contributed by atoms with Crippen molar-refractivity contribution < 1.29 is 4.21 Å². The summed E-state index contributed by atoms with van der Waals surface area (Å²) in [5, 5.41) is -0.0261. The average Bonchev–Trinajstić information content (AvgIpc) is 2.76. The molecule has 3 atom stereocenters. The Morgan fingerprint density at radius 2 is 2.15 bits per heavy atom. The zero-order chi connectivity index (χ0) is 14.9. The van der Waals surface area contributed by atoms with E-state index in [-0.39, 0.29) is 10.6 Å². The molecule has 0 aliphatic rings. The van der Waals surface area contributed by atoms with Crippen LogP contribution in [0.3, 0.4) is 0 Å². The molecule has 2 rings (SSSR count). The molecule has 0 aliphatic heterocycles. The molecule has 2 aromatic rings. The van der Waals surface area contributed by atoms with Crippen LogP contribution < -0.4 is 0 Å². The van der Waals surface area contributed by atoms with E-state index in [1.807, 2.05) is 26.8 Å². The van der Waals surface area contributed by atoms with Crippen LogP contribution in [0.25, 0.3) is 11.2 Å². The Kier molecular flexibility index (Phi) is 4.81. The largest absolute Gasteiger partial charge is 0.311 e. The van der Waals surface area contributed by atoms with E-state index >= 15 is 0 Å². The molecule has 0 N–H and O–H groups in total. The summed E-state index contributed by atoms with van der Waals surface area (Å²) in [5.74, 6) is 0.831. The first-order chi connectivity index (χ1) is 9.41. The maximum atomic E-state index is 11.5. The number of fused-ring (bicyclic) bond motifs is 1. The summed E-state index contributed by atoms with van der Waals surface area (Å²) in [5.41, 5.74) is 2.86. The van der Waals surface area contributed by atoms with E-state index in [4.69, 9.17) is 11.6 Å². The number of aryl methyl sites for hydroxylation is 2. The summed E-state index contributed by atoms with van der Waals surface area (Å²) in [4.78, 5) is 9.06. The molecule has 0 saturated carbocycles. The van der Waals surface area contributed by atoms with Gasteiger partial charge in [0.15, 0.2) is 5.65 Å². The molecule has 0 fully saturated rings. The molecule has 0 saturated heterocycles. The highest BCUT2D eigenvalue weighted by molar-refractivity contribution is 7.84. The smallest absolute Gasteiger partial charge is 0.160 e. The molecule has 110 valence electrons. The van der Waals surface area contributed by atoms with Gasteiger partial charge in [0.2, 0.25) is 0 Å². The third-order valence-electron chi connectivity index (χ3n) is 3.55. The van der Waals surface area contributed by atoms with Crippen molar-refractivity contribution in [1.29, 1.82) is 0 Å². The molecule has 0 amide bonds. The van der Waals surface area contributed by atoms with Crippen LogP contribution in [0.5, 0.6) is 0 Å². The molecule has 0 radical (unpaired) electrons. The fourth-order valence-corrected chi connectivity index (χ4v) is 2.76. The van der Waals surface area contributed by atoms with Crippen LogP contribution in [0.2, 0.25) is 0 Å². The van der Waals surface area contributed by atoms with E-state index in [2.05, 4.69) is 14.5 Å². The first-order valence-corrected chi connectivity index (χ1v) is 8.75. The highest BCUT2D eigenvalue weighted by Gasteiger charge is 2.18. The Hall–Kier alpha value is -0.940. The van der Waals surface area contributed by atoms with E-state index < -0.39 is 10.8 Å². The van der Waals surface area contributed by atoms with Gasteiger partial charge in [-0.2, -0.15) is 0 Å². The van der Waals surface area contributed by atoms with Crippen molar-refractivity contribution in [3.63, 3.8) is 0 Å². The van der Waals surface area contributed by atoms with Gasteiger partial charge >= 0.3 is 0 Å². The van der Waals surface area contributed by atoms with Gasteiger partial charge in [-0.3, -0.25) is 4.21 Å². The third kappa shape index (κ3) is 3.04. The van der Waals surface area contributed by atoms with E-state index in [1.54, 1.807) is 12.5 Å². The van der Waals surface area contributed by atoms with Gasteiger partial charge in [0.1, 0.15) is 11.3 Å². The fourth-order valence-electron chi connectivity index (χ4n) is 2.16. The second-order valence-corrected chi connectivity index (χ2v) is 7.59. The summed E-state index contributed by atoms with van der Waals surface area (Å²) in [6.07, 6.45) is 4.35. The third-order valence-corrected chi connectivity index (χ3v) is 5.11. The highest BCUT2D eigenvalue weighted by Crippen LogP contribution is 2.25. The lowest BCUT2D eigenvalue weighted by molar-refractivity contribution is 0.605. The highest BCUT2D eigenvalue weighted by atomic mass is 35.5. The van der Waals surface area contributed by atoms with Gasteiger partial charge in [-0.1, -0.05) is 6.92 Å². The summed E-state index contributed by atoms with van der Waals surface area (Å²) < 4.78 is 13.5. The van der Waals surface area contributed by atoms with E-state index in [9.17, 15) is 4.21 Å². The SMILES string of the molecule is Cc1ccnc2c1nc(C(C)Cl)n2CCC(C)S(C)=O. The Labute approximate surface area is 127 Å². The number of halogens is 1. The van der Waals surface area contributed by atoms with Crippen LogP contribution in [-0.4, -0.2) is 30.2 Å². The van der Waals surface area contributed by atoms with Crippen LogP contribution in [0.15, 0.2) is 12.3 Å². The lowest BCUT2D eigenvalue weighted by Gasteiger charge is -2.12. The second kappa shape index (κ2) is 6.22. The Morgan fingerprint density at radius 1 is 1.45 bits per heavy atom. The van der Waals surface area contributed by atoms with Crippen molar-refractivity contribution in [3.05, 3.63) is 23.7 Å². The number of hydrogen-bond donors (Lipinski definition) is 0. The summed E-state index contributed by atoms with van der Waals surface area (Å²) >= 11 is 6.24. The van der Waals surface area contributed by atoms with Crippen LogP contribution in [-0.2, 0) is 17.3 Å². The standard InChI is InChI=1S/C14H20ClN3OS/c1-9-5-7-16-14-12(9)17-13(11(3)15)18(14)8-6-10(2)20(4)19/h5,7,10-11H,6,8H2,1-4H3. The van der Waals surface area contributed by atoms with Crippen molar-refractivity contribution in [2.24, 2.45) is 0 Å². The molecular formula is C14H20ClN3OS. The molecule has 20 heavy (non-hydrogen) atoms. The molecule has 2 aromatic heterocycles. The second-order valence-electron chi connectivity index (χ2n) is 5.14. The maximum absolute atomic E-state index is 11.5. The summed E-state index contributed by atoms with van der Waals surface area (Å²) in [6, 6.07) is 1.95. The number of imidazole rings is 1. The van der Waals surface area contributed by atoms with Crippen LogP contribution in [0.1, 0.15) is 37.0 Å². The van der Waals surface area contributed by atoms with E-state index in [0.717, 1.165) is 35.5 Å². The Bertz CT molecular complexity index is 639. The van der Waals surface area contributed by atoms with Crippen LogP contribution in [0, 0.1) is 6.92 Å². The summed E-state index contributed by atoms with van der Waals surface area (Å²) in [7, 11) is -0.814. The van der Waals surface area contributed by atoms with Crippen molar-refractivity contribution >= 4 is 33.6 Å². The minimum absolute atomic E-state index is 0.149. The maximum Gasteiger partial charge on any atom is 0.160 e. The quantitative estimate of drug-likeness (QED) is 0.796. The first kappa shape index (κ1) is 15.4.